The normalized spacial score (nSPS) is 10.6. The molecule has 2 aromatic rings. The summed E-state index contributed by atoms with van der Waals surface area (Å²) in [4.78, 5) is 12.6. The lowest BCUT2D eigenvalue weighted by Gasteiger charge is -2.03. The largest absolute Gasteiger partial charge is 0.496 e. The van der Waals surface area contributed by atoms with Gasteiger partial charge in [-0.25, -0.2) is 4.79 Å². The summed E-state index contributed by atoms with van der Waals surface area (Å²) >= 11 is 3.07. The zero-order valence-corrected chi connectivity index (χ0v) is 12.1. The molecule has 0 aliphatic rings. The van der Waals surface area contributed by atoms with Crippen molar-refractivity contribution < 1.29 is 14.3 Å². The molecule has 5 heteroatoms. The summed E-state index contributed by atoms with van der Waals surface area (Å²) in [7, 11) is 1.64. The highest BCUT2D eigenvalue weighted by molar-refractivity contribution is 8.00. The van der Waals surface area contributed by atoms with Crippen LogP contribution < -0.4 is 4.74 Å². The number of hydrogen-bond donors (Lipinski definition) is 0. The molecule has 18 heavy (non-hydrogen) atoms. The Kier molecular flexibility index (Phi) is 4.14. The molecule has 0 aliphatic heterocycles. The second-order valence-electron chi connectivity index (χ2n) is 3.53. The first-order valence-electron chi connectivity index (χ1n) is 5.53. The Labute approximate surface area is 114 Å². The topological polar surface area (TPSA) is 35.5 Å². The number of rotatable bonds is 4. The van der Waals surface area contributed by atoms with Crippen LogP contribution in [0.25, 0.3) is 10.8 Å². The van der Waals surface area contributed by atoms with Gasteiger partial charge in [0.15, 0.2) is 0 Å². The molecule has 2 rings (SSSR count). The number of thioether (sulfide) groups is 1. The van der Waals surface area contributed by atoms with Crippen molar-refractivity contribution in [3.05, 3.63) is 23.1 Å². The SMILES string of the molecule is CCOC(=O)c1sc(SC)c2c(OC)cccc12. The maximum atomic E-state index is 11.9. The number of carbonyl (C=O) groups excluding carboxylic acids is 1. The molecule has 96 valence electrons. The predicted molar refractivity (Wildman–Crippen MR) is 76.1 cm³/mol. The van der Waals surface area contributed by atoms with Crippen LogP contribution in [0, 0.1) is 0 Å². The maximum Gasteiger partial charge on any atom is 0.348 e. The van der Waals surface area contributed by atoms with Gasteiger partial charge in [-0.15, -0.1) is 23.1 Å². The lowest BCUT2D eigenvalue weighted by Crippen LogP contribution is -2.02. The Hall–Kier alpha value is -1.20. The highest BCUT2D eigenvalue weighted by atomic mass is 32.2. The van der Waals surface area contributed by atoms with Crippen LogP contribution in [0.4, 0.5) is 0 Å². The van der Waals surface area contributed by atoms with Crippen LogP contribution in [0.5, 0.6) is 5.75 Å². The fourth-order valence-electron chi connectivity index (χ4n) is 1.79. The third-order valence-corrected chi connectivity index (χ3v) is 4.84. The molecule has 0 N–H and O–H groups in total. The first-order valence-corrected chi connectivity index (χ1v) is 7.57. The lowest BCUT2D eigenvalue weighted by atomic mass is 10.1. The van der Waals surface area contributed by atoms with Gasteiger partial charge >= 0.3 is 5.97 Å². The summed E-state index contributed by atoms with van der Waals surface area (Å²) in [5.41, 5.74) is 0. The van der Waals surface area contributed by atoms with Gasteiger partial charge in [0.05, 0.1) is 17.9 Å². The molecule has 0 fully saturated rings. The van der Waals surface area contributed by atoms with Gasteiger partial charge < -0.3 is 9.47 Å². The highest BCUT2D eigenvalue weighted by Crippen LogP contribution is 2.42. The summed E-state index contributed by atoms with van der Waals surface area (Å²) in [6, 6.07) is 5.73. The van der Waals surface area contributed by atoms with E-state index in [9.17, 15) is 4.79 Å². The first kappa shape index (κ1) is 13.2. The Bertz CT molecular complexity index is 575. The quantitative estimate of drug-likeness (QED) is 0.631. The van der Waals surface area contributed by atoms with Gasteiger partial charge in [0.25, 0.3) is 0 Å². The van der Waals surface area contributed by atoms with Crippen LogP contribution in [-0.4, -0.2) is 25.9 Å². The fourth-order valence-corrected chi connectivity index (χ4v) is 3.71. The molecule has 0 bridgehead atoms. The van der Waals surface area contributed by atoms with Crippen LogP contribution in [0.2, 0.25) is 0 Å². The van der Waals surface area contributed by atoms with E-state index in [1.165, 1.54) is 11.3 Å². The Morgan fingerprint density at radius 1 is 1.44 bits per heavy atom. The van der Waals surface area contributed by atoms with Crippen molar-refractivity contribution in [3.8, 4) is 5.75 Å². The smallest absolute Gasteiger partial charge is 0.348 e. The predicted octanol–water partition coefficient (Wildman–Crippen LogP) is 3.81. The molecule has 0 amide bonds. The summed E-state index contributed by atoms with van der Waals surface area (Å²) in [5, 5.41) is 1.91. The molecule has 0 aliphatic carbocycles. The second-order valence-corrected chi connectivity index (χ2v) is 5.62. The molecular formula is C13H14O3S2. The van der Waals surface area contributed by atoms with Gasteiger partial charge in [-0.05, 0) is 19.2 Å². The van der Waals surface area contributed by atoms with Crippen LogP contribution in [-0.2, 0) is 4.74 Å². The number of ether oxygens (including phenoxy) is 2. The summed E-state index contributed by atoms with van der Waals surface area (Å²) in [6.07, 6.45) is 1.99. The van der Waals surface area contributed by atoms with Gasteiger partial charge in [-0.1, -0.05) is 12.1 Å². The number of esters is 1. The number of benzene rings is 1. The van der Waals surface area contributed by atoms with Gasteiger partial charge in [-0.2, -0.15) is 0 Å². The zero-order chi connectivity index (χ0) is 13.1. The molecule has 1 aromatic heterocycles. The number of methoxy groups -OCH3 is 1. The van der Waals surface area contributed by atoms with Crippen molar-refractivity contribution in [3.63, 3.8) is 0 Å². The monoisotopic (exact) mass is 282 g/mol. The minimum atomic E-state index is -0.263. The van der Waals surface area contributed by atoms with Gasteiger partial charge in [0.1, 0.15) is 10.6 Å². The molecule has 1 aromatic carbocycles. The average Bonchev–Trinajstić information content (AvgIpc) is 2.77. The molecule has 0 saturated heterocycles. The van der Waals surface area contributed by atoms with Crippen molar-refractivity contribution in [2.45, 2.75) is 11.1 Å². The number of thiophene rings is 1. The Morgan fingerprint density at radius 3 is 2.83 bits per heavy atom. The fraction of sp³-hybridized carbons (Fsp3) is 0.308. The lowest BCUT2D eigenvalue weighted by molar-refractivity contribution is 0.0534. The number of carbonyl (C=O) groups is 1. The van der Waals surface area contributed by atoms with Crippen molar-refractivity contribution in [2.75, 3.05) is 20.0 Å². The first-order chi connectivity index (χ1) is 8.72. The van der Waals surface area contributed by atoms with Gasteiger partial charge in [0, 0.05) is 10.8 Å². The van der Waals surface area contributed by atoms with Crippen molar-refractivity contribution in [1.82, 2.24) is 0 Å². The van der Waals surface area contributed by atoms with E-state index in [1.807, 2.05) is 31.4 Å². The molecule has 0 spiro atoms. The molecular weight excluding hydrogens is 268 g/mol. The van der Waals surface area contributed by atoms with E-state index in [2.05, 4.69) is 0 Å². The minimum absolute atomic E-state index is 0.263. The van der Waals surface area contributed by atoms with Gasteiger partial charge in [-0.3, -0.25) is 0 Å². The molecule has 1 heterocycles. The third kappa shape index (κ3) is 2.20. The highest BCUT2D eigenvalue weighted by Gasteiger charge is 2.20. The number of fused-ring (bicyclic) bond motifs is 1. The Balaban J connectivity index is 2.66. The second kappa shape index (κ2) is 5.63. The molecule has 0 unspecified atom stereocenters. The van der Waals surface area contributed by atoms with Gasteiger partial charge in [0.2, 0.25) is 0 Å². The van der Waals surface area contributed by atoms with Crippen LogP contribution in [0.15, 0.2) is 22.4 Å². The molecule has 0 saturated carbocycles. The van der Waals surface area contributed by atoms with E-state index >= 15 is 0 Å². The summed E-state index contributed by atoms with van der Waals surface area (Å²) in [6.45, 7) is 2.19. The standard InChI is InChI=1S/C13H14O3S2/c1-4-16-12(14)11-8-6-5-7-9(15-2)10(8)13(17-3)18-11/h5-7H,4H2,1-3H3. The van der Waals surface area contributed by atoms with E-state index < -0.39 is 0 Å². The number of hydrogen-bond acceptors (Lipinski definition) is 5. The van der Waals surface area contributed by atoms with E-state index in [4.69, 9.17) is 9.47 Å². The van der Waals surface area contributed by atoms with Crippen molar-refractivity contribution in [1.29, 1.82) is 0 Å². The van der Waals surface area contributed by atoms with E-state index in [-0.39, 0.29) is 5.97 Å². The minimum Gasteiger partial charge on any atom is -0.496 e. The third-order valence-electron chi connectivity index (χ3n) is 2.54. The van der Waals surface area contributed by atoms with E-state index in [0.717, 1.165) is 20.7 Å². The average molecular weight is 282 g/mol. The zero-order valence-electron chi connectivity index (χ0n) is 10.5. The molecule has 3 nitrogen and oxygen atoms in total. The van der Waals surface area contributed by atoms with Crippen LogP contribution >= 0.6 is 23.1 Å². The summed E-state index contributed by atoms with van der Waals surface area (Å²) < 4.78 is 11.5. The van der Waals surface area contributed by atoms with Crippen molar-refractivity contribution in [2.24, 2.45) is 0 Å². The molecule has 0 radical (unpaired) electrons. The van der Waals surface area contributed by atoms with Crippen LogP contribution in [0.1, 0.15) is 16.6 Å². The van der Waals surface area contributed by atoms with Crippen LogP contribution in [0.3, 0.4) is 0 Å². The molecule has 0 atom stereocenters. The van der Waals surface area contributed by atoms with E-state index in [0.29, 0.717) is 11.5 Å². The van der Waals surface area contributed by atoms with E-state index in [1.54, 1.807) is 18.9 Å². The Morgan fingerprint density at radius 2 is 2.22 bits per heavy atom. The maximum absolute atomic E-state index is 11.9. The van der Waals surface area contributed by atoms with Crippen molar-refractivity contribution >= 4 is 39.8 Å². The summed E-state index contributed by atoms with van der Waals surface area (Å²) in [5.74, 6) is 0.532.